The van der Waals surface area contributed by atoms with Gasteiger partial charge < -0.3 is 42.1 Å². The van der Waals surface area contributed by atoms with Gasteiger partial charge in [0, 0.05) is 35.8 Å². The second kappa shape index (κ2) is 18.4. The van der Waals surface area contributed by atoms with E-state index in [-0.39, 0.29) is 84.5 Å². The number of aromatic nitrogens is 6. The number of rotatable bonds is 18. The molecule has 0 amide bonds. The van der Waals surface area contributed by atoms with Gasteiger partial charge in [-0.1, -0.05) is 60.7 Å². The Morgan fingerprint density at radius 3 is 1.10 bits per heavy atom. The highest BCUT2D eigenvalue weighted by Gasteiger charge is 2.19. The van der Waals surface area contributed by atoms with E-state index in [1.165, 1.54) is 36.4 Å². The first-order valence-electron chi connectivity index (χ1n) is 17.2. The molecule has 2 aromatic heterocycles. The molecule has 6 aromatic rings. The number of nitrogens with zero attached hydrogens (tertiary/aromatic N) is 6. The topological polar surface area (TPSA) is 299 Å². The summed E-state index contributed by atoms with van der Waals surface area (Å²) in [4.78, 5) is 24.7. The van der Waals surface area contributed by atoms with Crippen LogP contribution in [0.5, 0.6) is 0 Å². The van der Waals surface area contributed by atoms with E-state index in [9.17, 15) is 36.2 Å². The Morgan fingerprint density at radius 1 is 0.448 bits per heavy atom. The van der Waals surface area contributed by atoms with Crippen molar-refractivity contribution in [2.24, 2.45) is 0 Å². The number of hydrogen-bond acceptors (Lipinski definition) is 18. The van der Waals surface area contributed by atoms with Crippen LogP contribution >= 0.6 is 0 Å². The molecule has 6 rings (SSSR count). The summed E-state index contributed by atoms with van der Waals surface area (Å²) >= 11 is 0. The molecule has 0 bridgehead atoms. The number of aliphatic hydroxyl groups excluding tert-OH is 2. The van der Waals surface area contributed by atoms with E-state index in [4.69, 9.17) is 0 Å². The van der Waals surface area contributed by atoms with E-state index in [2.05, 4.69) is 61.8 Å². The Labute approximate surface area is 332 Å². The first-order valence-corrected chi connectivity index (χ1v) is 20.1. The molecule has 0 aliphatic heterocycles. The molecule has 20 nitrogen and oxygen atoms in total. The Balaban J connectivity index is 1.27. The van der Waals surface area contributed by atoms with Crippen molar-refractivity contribution in [3.8, 4) is 0 Å². The lowest BCUT2D eigenvalue weighted by Crippen LogP contribution is -2.12. The summed E-state index contributed by atoms with van der Waals surface area (Å²) in [6.45, 7) is -0.123. The van der Waals surface area contributed by atoms with Gasteiger partial charge >= 0.3 is 0 Å². The van der Waals surface area contributed by atoms with Crippen LogP contribution in [0.25, 0.3) is 12.2 Å². The zero-order chi connectivity index (χ0) is 41.1. The van der Waals surface area contributed by atoms with Crippen LogP contribution in [-0.4, -0.2) is 92.4 Å². The molecular formula is C36H36N12O8S2. The minimum atomic E-state index is -4.85. The van der Waals surface area contributed by atoms with Crippen molar-refractivity contribution in [3.63, 3.8) is 0 Å². The van der Waals surface area contributed by atoms with E-state index in [0.717, 1.165) is 12.1 Å². The fourth-order valence-electron chi connectivity index (χ4n) is 5.15. The molecular weight excluding hydrogens is 793 g/mol. The molecule has 300 valence electrons. The van der Waals surface area contributed by atoms with Crippen LogP contribution in [0.4, 0.5) is 58.4 Å². The minimum Gasteiger partial charge on any atom is -0.395 e. The largest absolute Gasteiger partial charge is 0.395 e. The quantitative estimate of drug-likeness (QED) is 0.0421. The molecule has 0 unspecified atom stereocenters. The van der Waals surface area contributed by atoms with Crippen LogP contribution in [0.3, 0.4) is 0 Å². The van der Waals surface area contributed by atoms with Gasteiger partial charge in [-0.05, 0) is 59.7 Å². The minimum absolute atomic E-state index is 0.0107. The van der Waals surface area contributed by atoms with Crippen molar-refractivity contribution in [3.05, 3.63) is 108 Å². The van der Waals surface area contributed by atoms with Gasteiger partial charge in [-0.25, -0.2) is 0 Å². The average Bonchev–Trinajstić information content (AvgIpc) is 3.19. The van der Waals surface area contributed by atoms with Crippen LogP contribution in [0.2, 0.25) is 0 Å². The Bertz CT molecular complexity index is 2440. The summed E-state index contributed by atoms with van der Waals surface area (Å²) < 4.78 is 70.7. The number of nitrogens with one attached hydrogen (secondary N) is 6. The maximum atomic E-state index is 12.6. The van der Waals surface area contributed by atoms with Gasteiger partial charge in [0.1, 0.15) is 9.79 Å². The van der Waals surface area contributed by atoms with Gasteiger partial charge in [-0.2, -0.15) is 46.7 Å². The molecule has 2 heterocycles. The highest BCUT2D eigenvalue weighted by Crippen LogP contribution is 2.29. The predicted octanol–water partition coefficient (Wildman–Crippen LogP) is 4.50. The van der Waals surface area contributed by atoms with Crippen LogP contribution in [0, 0.1) is 0 Å². The highest BCUT2D eigenvalue weighted by atomic mass is 32.2. The monoisotopic (exact) mass is 828 g/mol. The normalized spacial score (nSPS) is 11.6. The molecule has 0 radical (unpaired) electrons. The fraction of sp³-hybridized carbons (Fsp3) is 0.111. The maximum Gasteiger partial charge on any atom is 0.295 e. The summed E-state index contributed by atoms with van der Waals surface area (Å²) in [7, 11) is -9.70. The average molecular weight is 829 g/mol. The van der Waals surface area contributed by atoms with E-state index in [0.29, 0.717) is 11.4 Å². The van der Waals surface area contributed by atoms with Gasteiger partial charge in [0.2, 0.25) is 35.7 Å². The Hall–Kier alpha value is -6.82. The third-order valence-electron chi connectivity index (χ3n) is 7.66. The van der Waals surface area contributed by atoms with Gasteiger partial charge in [0.15, 0.2) is 0 Å². The second-order valence-electron chi connectivity index (χ2n) is 11.9. The summed E-state index contributed by atoms with van der Waals surface area (Å²) in [6, 6.07) is 26.0. The van der Waals surface area contributed by atoms with Gasteiger partial charge in [0.05, 0.1) is 13.2 Å². The van der Waals surface area contributed by atoms with Crippen LogP contribution in [-0.2, 0) is 20.2 Å². The van der Waals surface area contributed by atoms with Crippen molar-refractivity contribution in [2.45, 2.75) is 9.79 Å². The van der Waals surface area contributed by atoms with E-state index in [1.54, 1.807) is 24.3 Å². The number of benzene rings is 4. The molecule has 0 saturated heterocycles. The summed E-state index contributed by atoms with van der Waals surface area (Å²) in [5.74, 6) is 0.452. The van der Waals surface area contributed by atoms with E-state index in [1.807, 2.05) is 36.4 Å². The molecule has 0 aliphatic rings. The molecule has 0 saturated carbocycles. The van der Waals surface area contributed by atoms with Crippen molar-refractivity contribution >= 4 is 90.8 Å². The van der Waals surface area contributed by atoms with Crippen molar-refractivity contribution < 1.29 is 36.2 Å². The van der Waals surface area contributed by atoms with E-state index < -0.39 is 30.0 Å². The highest BCUT2D eigenvalue weighted by molar-refractivity contribution is 7.86. The maximum absolute atomic E-state index is 12.6. The first-order chi connectivity index (χ1) is 27.9. The molecule has 0 atom stereocenters. The second-order valence-corrected chi connectivity index (χ2v) is 14.7. The third-order valence-corrected chi connectivity index (χ3v) is 9.48. The van der Waals surface area contributed by atoms with Crippen LogP contribution < -0.4 is 31.9 Å². The lowest BCUT2D eigenvalue weighted by Gasteiger charge is -2.13. The van der Waals surface area contributed by atoms with Crippen molar-refractivity contribution in [2.75, 3.05) is 58.2 Å². The lowest BCUT2D eigenvalue weighted by molar-refractivity contribution is 0.310. The molecule has 22 heteroatoms. The Kier molecular flexibility index (Phi) is 13.0. The zero-order valence-corrected chi connectivity index (χ0v) is 31.8. The predicted molar refractivity (Wildman–Crippen MR) is 218 cm³/mol. The Morgan fingerprint density at radius 2 is 0.776 bits per heavy atom. The lowest BCUT2D eigenvalue weighted by atomic mass is 10.1. The number of aliphatic hydroxyl groups is 2. The SMILES string of the molecule is O=S(=O)(O)c1cc(Nc2nc(NCCO)nc(Nc3ccccc3)n2)ccc1C=Cc1ccc(Nc2nc(NCCO)nc(Nc3ccccc3)n2)cc1S(=O)(=O)O. The van der Waals surface area contributed by atoms with Gasteiger partial charge in [0.25, 0.3) is 20.2 Å². The van der Waals surface area contributed by atoms with Gasteiger partial charge in [-0.3, -0.25) is 9.11 Å². The number of anilines is 10. The molecule has 0 fully saturated rings. The fourth-order valence-corrected chi connectivity index (χ4v) is 6.57. The third kappa shape index (κ3) is 11.4. The molecule has 4 aromatic carbocycles. The summed E-state index contributed by atoms with van der Waals surface area (Å²) in [5.41, 5.74) is 1.59. The van der Waals surface area contributed by atoms with Crippen molar-refractivity contribution in [1.29, 1.82) is 0 Å². The molecule has 0 aliphatic carbocycles. The van der Waals surface area contributed by atoms with Crippen molar-refractivity contribution in [1.82, 2.24) is 29.9 Å². The standard InChI is InChI=1S/C36H36N12O8S2/c49-19-17-37-31-43-33(39-25-7-3-1-4-8-25)47-35(45-31)41-27-15-13-23(29(21-27)57(51,52)53)11-12-24-14-16-28(22-30(24)58(54,55)56)42-36-46-32(38-18-20-50)44-34(48-36)40-26-9-5-2-6-10-26/h1-16,21-22,49-50H,17-20H2,(H,51,52,53)(H,54,55,56)(H3,37,39,41,43,45,47)(H3,38,40,42,44,46,48). The smallest absolute Gasteiger partial charge is 0.295 e. The number of para-hydroxylation sites is 2. The molecule has 0 spiro atoms. The van der Waals surface area contributed by atoms with Crippen LogP contribution in [0.15, 0.2) is 107 Å². The number of hydrogen-bond donors (Lipinski definition) is 10. The van der Waals surface area contributed by atoms with Gasteiger partial charge in [-0.15, -0.1) is 0 Å². The van der Waals surface area contributed by atoms with E-state index >= 15 is 0 Å². The zero-order valence-electron chi connectivity index (χ0n) is 30.1. The summed E-state index contributed by atoms with van der Waals surface area (Å²) in [6.07, 6.45) is 2.50. The van der Waals surface area contributed by atoms with Crippen LogP contribution in [0.1, 0.15) is 11.1 Å². The molecule has 10 N–H and O–H groups in total. The summed E-state index contributed by atoms with van der Waals surface area (Å²) in [5, 5.41) is 36.1. The first kappa shape index (κ1) is 40.8. The molecule has 58 heavy (non-hydrogen) atoms.